The van der Waals surface area contributed by atoms with E-state index in [-0.39, 0.29) is 11.7 Å². The van der Waals surface area contributed by atoms with Crippen molar-refractivity contribution in [1.82, 2.24) is 10.3 Å². The average molecular weight is 290 g/mol. The highest BCUT2D eigenvalue weighted by Gasteiger charge is 2.23. The Hall–Kier alpha value is -1.26. The summed E-state index contributed by atoms with van der Waals surface area (Å²) in [6.45, 7) is 2.92. The molecule has 0 amide bonds. The van der Waals surface area contributed by atoms with E-state index in [1.54, 1.807) is 23.5 Å². The van der Waals surface area contributed by atoms with Gasteiger partial charge >= 0.3 is 0 Å². The second-order valence-corrected chi connectivity index (χ2v) is 6.56. The summed E-state index contributed by atoms with van der Waals surface area (Å²) in [4.78, 5) is 4.54. The van der Waals surface area contributed by atoms with Crippen LogP contribution in [0, 0.1) is 12.7 Å². The van der Waals surface area contributed by atoms with Gasteiger partial charge in [0.05, 0.1) is 10.7 Å². The number of nitrogens with zero attached hydrogens (tertiary/aromatic N) is 1. The molecule has 2 aromatic rings. The summed E-state index contributed by atoms with van der Waals surface area (Å²) in [6.07, 6.45) is 3.41. The summed E-state index contributed by atoms with van der Waals surface area (Å²) in [5.74, 6) is 0.126. The summed E-state index contributed by atoms with van der Waals surface area (Å²) in [5.41, 5.74) is 2.17. The first-order chi connectivity index (χ1) is 9.70. The predicted molar refractivity (Wildman–Crippen MR) is 80.7 cm³/mol. The van der Waals surface area contributed by atoms with Crippen LogP contribution in [0.2, 0.25) is 0 Å². The number of rotatable bonds is 6. The molecule has 2 nitrogen and oxygen atoms in total. The highest BCUT2D eigenvalue weighted by molar-refractivity contribution is 7.09. The Labute approximate surface area is 123 Å². The number of hydrogen-bond acceptors (Lipinski definition) is 3. The van der Waals surface area contributed by atoms with E-state index < -0.39 is 0 Å². The lowest BCUT2D eigenvalue weighted by molar-refractivity contribution is 0.565. The highest BCUT2D eigenvalue weighted by Crippen LogP contribution is 2.25. The third-order valence-corrected chi connectivity index (χ3v) is 4.49. The molecule has 0 aliphatic heterocycles. The summed E-state index contributed by atoms with van der Waals surface area (Å²) in [6, 6.07) is 7.63. The first-order valence-electron chi connectivity index (χ1n) is 7.10. The van der Waals surface area contributed by atoms with Gasteiger partial charge in [-0.15, -0.1) is 11.3 Å². The van der Waals surface area contributed by atoms with E-state index in [0.717, 1.165) is 29.2 Å². The van der Waals surface area contributed by atoms with Gasteiger partial charge in [0.2, 0.25) is 0 Å². The first-order valence-corrected chi connectivity index (χ1v) is 7.98. The van der Waals surface area contributed by atoms with E-state index >= 15 is 0 Å². The van der Waals surface area contributed by atoms with E-state index in [0.29, 0.717) is 6.04 Å². The van der Waals surface area contributed by atoms with Crippen molar-refractivity contribution in [3.05, 3.63) is 51.7 Å². The zero-order valence-electron chi connectivity index (χ0n) is 11.6. The molecule has 1 aromatic heterocycles. The number of benzene rings is 1. The van der Waals surface area contributed by atoms with E-state index in [1.807, 2.05) is 13.0 Å². The first kappa shape index (κ1) is 13.7. The molecular weight excluding hydrogens is 271 g/mol. The molecule has 1 aliphatic carbocycles. The standard InChI is InChI=1S/C16H19FN2S/c1-11-19-16(10-20-11)8-13(9-18-15-5-6-15)12-3-2-4-14(17)7-12/h2-4,7,10,13,15,18H,5-6,8-9H2,1H3. The third kappa shape index (κ3) is 3.64. The molecular formula is C16H19FN2S. The zero-order chi connectivity index (χ0) is 13.9. The summed E-state index contributed by atoms with van der Waals surface area (Å²) < 4.78 is 13.4. The number of aryl methyl sites for hydroxylation is 1. The monoisotopic (exact) mass is 290 g/mol. The molecule has 1 unspecified atom stereocenters. The second-order valence-electron chi connectivity index (χ2n) is 5.50. The van der Waals surface area contributed by atoms with Crippen molar-refractivity contribution < 1.29 is 4.39 Å². The minimum atomic E-state index is -0.159. The molecule has 0 saturated heterocycles. The molecule has 1 heterocycles. The maximum atomic E-state index is 13.4. The molecule has 1 aromatic carbocycles. The number of nitrogens with one attached hydrogen (secondary N) is 1. The molecule has 20 heavy (non-hydrogen) atoms. The largest absolute Gasteiger partial charge is 0.313 e. The van der Waals surface area contributed by atoms with Gasteiger partial charge in [0.15, 0.2) is 0 Å². The van der Waals surface area contributed by atoms with Crippen LogP contribution < -0.4 is 5.32 Å². The lowest BCUT2D eigenvalue weighted by Gasteiger charge is -2.17. The Balaban J connectivity index is 1.74. The lowest BCUT2D eigenvalue weighted by atomic mass is 9.94. The molecule has 0 radical (unpaired) electrons. The minimum absolute atomic E-state index is 0.159. The number of halogens is 1. The van der Waals surface area contributed by atoms with Crippen molar-refractivity contribution in [2.75, 3.05) is 6.54 Å². The number of aromatic nitrogens is 1. The Kier molecular flexibility index (Phi) is 4.13. The van der Waals surface area contributed by atoms with Gasteiger partial charge in [-0.2, -0.15) is 0 Å². The van der Waals surface area contributed by atoms with Crippen LogP contribution in [-0.2, 0) is 6.42 Å². The maximum absolute atomic E-state index is 13.4. The normalized spacial score (nSPS) is 16.3. The van der Waals surface area contributed by atoms with Gasteiger partial charge in [0.25, 0.3) is 0 Å². The summed E-state index contributed by atoms with van der Waals surface area (Å²) >= 11 is 1.68. The van der Waals surface area contributed by atoms with E-state index in [9.17, 15) is 4.39 Å². The smallest absolute Gasteiger partial charge is 0.123 e. The van der Waals surface area contributed by atoms with Gasteiger partial charge in [-0.3, -0.25) is 0 Å². The summed E-state index contributed by atoms with van der Waals surface area (Å²) in [7, 11) is 0. The van der Waals surface area contributed by atoms with Crippen molar-refractivity contribution in [3.8, 4) is 0 Å². The second kappa shape index (κ2) is 6.02. The summed E-state index contributed by atoms with van der Waals surface area (Å²) in [5, 5.41) is 6.76. The molecule has 4 heteroatoms. The molecule has 1 N–H and O–H groups in total. The van der Waals surface area contributed by atoms with Gasteiger partial charge in [-0.05, 0) is 43.9 Å². The zero-order valence-corrected chi connectivity index (χ0v) is 12.4. The van der Waals surface area contributed by atoms with Gasteiger partial charge in [-0.1, -0.05) is 12.1 Å². The minimum Gasteiger partial charge on any atom is -0.313 e. The Morgan fingerprint density at radius 1 is 1.45 bits per heavy atom. The van der Waals surface area contributed by atoms with E-state index in [1.165, 1.54) is 18.9 Å². The van der Waals surface area contributed by atoms with Crippen LogP contribution in [0.5, 0.6) is 0 Å². The van der Waals surface area contributed by atoms with Crippen LogP contribution in [0.25, 0.3) is 0 Å². The Bertz CT molecular complexity index is 577. The third-order valence-electron chi connectivity index (χ3n) is 3.67. The van der Waals surface area contributed by atoms with Crippen LogP contribution in [0.4, 0.5) is 4.39 Å². The van der Waals surface area contributed by atoms with Crippen LogP contribution in [0.3, 0.4) is 0 Å². The maximum Gasteiger partial charge on any atom is 0.123 e. The molecule has 1 atom stereocenters. The fourth-order valence-electron chi connectivity index (χ4n) is 2.42. The van der Waals surface area contributed by atoms with Crippen LogP contribution in [-0.4, -0.2) is 17.6 Å². The lowest BCUT2D eigenvalue weighted by Crippen LogP contribution is -2.25. The molecule has 0 spiro atoms. The molecule has 106 valence electrons. The van der Waals surface area contributed by atoms with E-state index in [2.05, 4.69) is 15.7 Å². The van der Waals surface area contributed by atoms with Crippen molar-refractivity contribution in [3.63, 3.8) is 0 Å². The van der Waals surface area contributed by atoms with Crippen molar-refractivity contribution >= 4 is 11.3 Å². The average Bonchev–Trinajstić information content (AvgIpc) is 3.17. The molecule has 3 rings (SSSR count). The van der Waals surface area contributed by atoms with Gasteiger partial charge in [-0.25, -0.2) is 9.37 Å². The van der Waals surface area contributed by atoms with Crippen LogP contribution in [0.1, 0.15) is 35.0 Å². The highest BCUT2D eigenvalue weighted by atomic mass is 32.1. The quantitative estimate of drug-likeness (QED) is 0.878. The fourth-order valence-corrected chi connectivity index (χ4v) is 3.04. The topological polar surface area (TPSA) is 24.9 Å². The van der Waals surface area contributed by atoms with Crippen molar-refractivity contribution in [2.45, 2.75) is 38.1 Å². The van der Waals surface area contributed by atoms with E-state index in [4.69, 9.17) is 0 Å². The molecule has 1 saturated carbocycles. The van der Waals surface area contributed by atoms with Gasteiger partial charge in [0.1, 0.15) is 5.82 Å². The van der Waals surface area contributed by atoms with Crippen LogP contribution in [0.15, 0.2) is 29.6 Å². The number of thiazole rings is 1. The SMILES string of the molecule is Cc1nc(CC(CNC2CC2)c2cccc(F)c2)cs1. The molecule has 1 aliphatic rings. The molecule has 1 fully saturated rings. The van der Waals surface area contributed by atoms with Crippen molar-refractivity contribution in [1.29, 1.82) is 0 Å². The predicted octanol–water partition coefficient (Wildman–Crippen LogP) is 3.67. The van der Waals surface area contributed by atoms with Crippen molar-refractivity contribution in [2.24, 2.45) is 0 Å². The van der Waals surface area contributed by atoms with Crippen LogP contribution >= 0.6 is 11.3 Å². The fraction of sp³-hybridized carbons (Fsp3) is 0.438. The Morgan fingerprint density at radius 2 is 2.30 bits per heavy atom. The Morgan fingerprint density at radius 3 is 2.95 bits per heavy atom. The van der Waals surface area contributed by atoms with Gasteiger partial charge in [0, 0.05) is 23.9 Å². The molecule has 0 bridgehead atoms. The van der Waals surface area contributed by atoms with Gasteiger partial charge < -0.3 is 5.32 Å². The number of hydrogen-bond donors (Lipinski definition) is 1.